The first kappa shape index (κ1) is 13.5. The molecule has 3 atom stereocenters. The van der Waals surface area contributed by atoms with E-state index in [9.17, 15) is 0 Å². The maximum Gasteiger partial charge on any atom is 0.0562 e. The van der Waals surface area contributed by atoms with Gasteiger partial charge in [0.15, 0.2) is 0 Å². The minimum Gasteiger partial charge on any atom is -0.329 e. The van der Waals surface area contributed by atoms with Crippen molar-refractivity contribution in [2.75, 3.05) is 20.1 Å². The van der Waals surface area contributed by atoms with Crippen molar-refractivity contribution in [3.05, 3.63) is 20.3 Å². The van der Waals surface area contributed by atoms with Gasteiger partial charge in [-0.05, 0) is 54.2 Å². The minimum absolute atomic E-state index is 0.373. The predicted molar refractivity (Wildman–Crippen MR) is 78.5 cm³/mol. The molecule has 2 rings (SSSR count). The van der Waals surface area contributed by atoms with Gasteiger partial charge in [-0.3, -0.25) is 4.90 Å². The van der Waals surface area contributed by atoms with Gasteiger partial charge in [-0.25, -0.2) is 0 Å². The van der Waals surface area contributed by atoms with Crippen LogP contribution >= 0.6 is 27.3 Å². The molecule has 4 heteroatoms. The van der Waals surface area contributed by atoms with Gasteiger partial charge in [0.1, 0.15) is 0 Å². The van der Waals surface area contributed by atoms with E-state index in [-0.39, 0.29) is 0 Å². The van der Waals surface area contributed by atoms with Crippen LogP contribution in [0.4, 0.5) is 0 Å². The van der Waals surface area contributed by atoms with Crippen LogP contribution in [0.25, 0.3) is 0 Å². The number of rotatable bonds is 5. The molecule has 0 aromatic carbocycles. The number of thiophene rings is 1. The van der Waals surface area contributed by atoms with Crippen LogP contribution in [0.15, 0.2) is 10.5 Å². The molecule has 0 bridgehead atoms. The Labute approximate surface area is 116 Å². The molecule has 3 unspecified atom stereocenters. The van der Waals surface area contributed by atoms with Crippen LogP contribution in [0.5, 0.6) is 0 Å². The van der Waals surface area contributed by atoms with Crippen LogP contribution in [0.3, 0.4) is 0 Å². The number of aryl methyl sites for hydroxylation is 1. The van der Waals surface area contributed by atoms with Crippen molar-refractivity contribution in [1.29, 1.82) is 0 Å². The van der Waals surface area contributed by atoms with E-state index in [0.29, 0.717) is 12.6 Å². The van der Waals surface area contributed by atoms with Gasteiger partial charge in [0.25, 0.3) is 0 Å². The minimum atomic E-state index is 0.373. The highest BCUT2D eigenvalue weighted by Crippen LogP contribution is 2.40. The van der Waals surface area contributed by atoms with Gasteiger partial charge in [-0.1, -0.05) is 6.92 Å². The van der Waals surface area contributed by atoms with E-state index in [4.69, 9.17) is 5.73 Å². The first-order valence-corrected chi connectivity index (χ1v) is 7.80. The third-order valence-electron chi connectivity index (χ3n) is 3.76. The summed E-state index contributed by atoms with van der Waals surface area (Å²) >= 11 is 5.44. The Morgan fingerprint density at radius 3 is 2.71 bits per heavy atom. The van der Waals surface area contributed by atoms with Crippen LogP contribution in [0.1, 0.15) is 29.1 Å². The summed E-state index contributed by atoms with van der Waals surface area (Å²) < 4.78 is 1.21. The Hall–Kier alpha value is 0.100. The highest BCUT2D eigenvalue weighted by Gasteiger charge is 2.34. The lowest BCUT2D eigenvalue weighted by atomic mass is 10.2. The topological polar surface area (TPSA) is 29.3 Å². The van der Waals surface area contributed by atoms with Crippen molar-refractivity contribution in [2.45, 2.75) is 26.3 Å². The molecule has 0 saturated heterocycles. The molecule has 0 aliphatic heterocycles. The number of halogens is 1. The summed E-state index contributed by atoms with van der Waals surface area (Å²) in [4.78, 5) is 5.14. The smallest absolute Gasteiger partial charge is 0.0562 e. The second-order valence-corrected chi connectivity index (χ2v) is 7.36. The molecule has 1 heterocycles. The normalized spacial score (nSPS) is 25.3. The lowest BCUT2D eigenvalue weighted by molar-refractivity contribution is 0.240. The highest BCUT2D eigenvalue weighted by atomic mass is 79.9. The fourth-order valence-electron chi connectivity index (χ4n) is 2.31. The predicted octanol–water partition coefficient (Wildman–Crippen LogP) is 3.41. The van der Waals surface area contributed by atoms with Crippen LogP contribution in [0.2, 0.25) is 0 Å². The standard InChI is InChI=1S/C13H21BrN2S/c1-8-4-10(8)7-16(3)12(6-15)13-5-11(14)9(2)17-13/h5,8,10,12H,4,6-7,15H2,1-3H3. The Morgan fingerprint density at radius 2 is 2.29 bits per heavy atom. The maximum atomic E-state index is 5.95. The van der Waals surface area contributed by atoms with Gasteiger partial charge >= 0.3 is 0 Å². The molecule has 0 radical (unpaired) electrons. The Morgan fingerprint density at radius 1 is 1.65 bits per heavy atom. The van der Waals surface area contributed by atoms with E-state index in [0.717, 1.165) is 11.8 Å². The molecule has 1 fully saturated rings. The van der Waals surface area contributed by atoms with Crippen LogP contribution in [-0.4, -0.2) is 25.0 Å². The molecule has 1 saturated carbocycles. The molecule has 17 heavy (non-hydrogen) atoms. The fraction of sp³-hybridized carbons (Fsp3) is 0.692. The Kier molecular flexibility index (Phi) is 4.29. The van der Waals surface area contributed by atoms with Crippen molar-refractivity contribution < 1.29 is 0 Å². The molecule has 1 aliphatic rings. The summed E-state index contributed by atoms with van der Waals surface area (Å²) in [7, 11) is 2.20. The molecule has 2 N–H and O–H groups in total. The van der Waals surface area contributed by atoms with E-state index >= 15 is 0 Å². The van der Waals surface area contributed by atoms with Crippen molar-refractivity contribution >= 4 is 27.3 Å². The molecular weight excluding hydrogens is 296 g/mol. The zero-order valence-electron chi connectivity index (χ0n) is 10.7. The molecule has 0 amide bonds. The maximum absolute atomic E-state index is 5.95. The molecule has 0 spiro atoms. The summed E-state index contributed by atoms with van der Waals surface area (Å²) in [5.41, 5.74) is 5.95. The molecule has 96 valence electrons. The second kappa shape index (κ2) is 5.39. The van der Waals surface area contributed by atoms with Gasteiger partial charge in [0, 0.05) is 27.3 Å². The lowest BCUT2D eigenvalue weighted by Gasteiger charge is -2.26. The number of nitrogens with zero attached hydrogens (tertiary/aromatic N) is 1. The van der Waals surface area contributed by atoms with Gasteiger partial charge in [-0.2, -0.15) is 0 Å². The first-order valence-electron chi connectivity index (χ1n) is 6.19. The SMILES string of the molecule is Cc1sc(C(CN)N(C)CC2CC2C)cc1Br. The number of likely N-dealkylation sites (N-methyl/N-ethyl adjacent to an activating group) is 1. The van der Waals surface area contributed by atoms with E-state index in [1.807, 2.05) is 11.3 Å². The van der Waals surface area contributed by atoms with Gasteiger partial charge in [-0.15, -0.1) is 11.3 Å². The van der Waals surface area contributed by atoms with Gasteiger partial charge < -0.3 is 5.73 Å². The molecule has 1 aliphatic carbocycles. The molecule has 1 aromatic rings. The zero-order valence-corrected chi connectivity index (χ0v) is 13.1. The summed E-state index contributed by atoms with van der Waals surface area (Å²) in [5.74, 6) is 1.80. The van der Waals surface area contributed by atoms with Gasteiger partial charge in [0.2, 0.25) is 0 Å². The van der Waals surface area contributed by atoms with Crippen molar-refractivity contribution in [3.8, 4) is 0 Å². The van der Waals surface area contributed by atoms with Crippen LogP contribution in [0, 0.1) is 18.8 Å². The number of hydrogen-bond donors (Lipinski definition) is 1. The lowest BCUT2D eigenvalue weighted by Crippen LogP contribution is -2.31. The fourth-order valence-corrected chi connectivity index (χ4v) is 4.05. The Balaban J connectivity index is 2.04. The molecular formula is C13H21BrN2S. The van der Waals surface area contributed by atoms with E-state index in [1.54, 1.807) is 0 Å². The summed E-state index contributed by atoms with van der Waals surface area (Å²) in [6, 6.07) is 2.60. The number of nitrogens with two attached hydrogens (primary N) is 1. The summed E-state index contributed by atoms with van der Waals surface area (Å²) in [6.45, 7) is 6.36. The van der Waals surface area contributed by atoms with E-state index in [2.05, 4.69) is 47.8 Å². The summed E-state index contributed by atoms with van der Waals surface area (Å²) in [6.07, 6.45) is 1.38. The molecule has 1 aromatic heterocycles. The average Bonchev–Trinajstić information content (AvgIpc) is 2.83. The first-order chi connectivity index (χ1) is 8.02. The van der Waals surface area contributed by atoms with E-state index < -0.39 is 0 Å². The van der Waals surface area contributed by atoms with Crippen molar-refractivity contribution in [3.63, 3.8) is 0 Å². The third kappa shape index (κ3) is 3.11. The average molecular weight is 317 g/mol. The second-order valence-electron chi connectivity index (χ2n) is 5.22. The monoisotopic (exact) mass is 316 g/mol. The Bertz CT molecular complexity index is 371. The summed E-state index contributed by atoms with van der Waals surface area (Å²) in [5, 5.41) is 0. The third-order valence-corrected chi connectivity index (χ3v) is 6.00. The van der Waals surface area contributed by atoms with E-state index in [1.165, 1.54) is 27.2 Å². The zero-order chi connectivity index (χ0) is 12.6. The van der Waals surface area contributed by atoms with Crippen molar-refractivity contribution in [1.82, 2.24) is 4.90 Å². The highest BCUT2D eigenvalue weighted by molar-refractivity contribution is 9.10. The van der Waals surface area contributed by atoms with Crippen LogP contribution < -0.4 is 5.73 Å². The molecule has 2 nitrogen and oxygen atoms in total. The van der Waals surface area contributed by atoms with Crippen molar-refractivity contribution in [2.24, 2.45) is 17.6 Å². The quantitative estimate of drug-likeness (QED) is 0.902. The van der Waals surface area contributed by atoms with Gasteiger partial charge in [0.05, 0.1) is 6.04 Å². The largest absolute Gasteiger partial charge is 0.329 e. The van der Waals surface area contributed by atoms with Crippen LogP contribution in [-0.2, 0) is 0 Å². The number of hydrogen-bond acceptors (Lipinski definition) is 3.